The molecule has 0 atom stereocenters. The third kappa shape index (κ3) is 3.13. The number of nitrogens with one attached hydrogen (secondary N) is 1. The summed E-state index contributed by atoms with van der Waals surface area (Å²) in [6.07, 6.45) is 0. The van der Waals surface area contributed by atoms with Gasteiger partial charge < -0.3 is 5.32 Å². The van der Waals surface area contributed by atoms with Gasteiger partial charge in [-0.05, 0) is 31.2 Å². The Morgan fingerprint density at radius 3 is 2.63 bits per heavy atom. The van der Waals surface area contributed by atoms with Crippen LogP contribution in [-0.4, -0.2) is 44.4 Å². The van der Waals surface area contributed by atoms with Gasteiger partial charge >= 0.3 is 0 Å². The molecule has 6 heteroatoms. The van der Waals surface area contributed by atoms with Crippen LogP contribution < -0.4 is 5.32 Å². The lowest BCUT2D eigenvalue weighted by Gasteiger charge is -2.26. The molecular formula is C13H20N2O2S2. The number of nitrogens with zero attached hydrogens (tertiary/aromatic N) is 1. The van der Waals surface area contributed by atoms with Gasteiger partial charge in [-0.1, -0.05) is 12.1 Å². The monoisotopic (exact) mass is 300 g/mol. The van der Waals surface area contributed by atoms with Gasteiger partial charge in [0.1, 0.15) is 0 Å². The van der Waals surface area contributed by atoms with Gasteiger partial charge in [0.05, 0.1) is 4.90 Å². The second-order valence-corrected chi connectivity index (χ2v) is 7.72. The molecule has 1 aliphatic heterocycles. The molecule has 0 saturated carbocycles. The number of hydrogen-bond acceptors (Lipinski definition) is 4. The Morgan fingerprint density at radius 2 is 2.00 bits per heavy atom. The van der Waals surface area contributed by atoms with Crippen LogP contribution in [0.15, 0.2) is 23.1 Å². The van der Waals surface area contributed by atoms with Crippen molar-refractivity contribution in [2.75, 3.05) is 31.6 Å². The second kappa shape index (κ2) is 6.26. The lowest BCUT2D eigenvalue weighted by molar-refractivity contribution is 0.443. The van der Waals surface area contributed by atoms with Crippen LogP contribution in [0.25, 0.3) is 0 Å². The summed E-state index contributed by atoms with van der Waals surface area (Å²) in [6, 6.07) is 5.51. The van der Waals surface area contributed by atoms with E-state index in [0.29, 0.717) is 24.5 Å². The van der Waals surface area contributed by atoms with Gasteiger partial charge in [0.15, 0.2) is 0 Å². The first-order valence-corrected chi connectivity index (χ1v) is 8.98. The van der Waals surface area contributed by atoms with Crippen molar-refractivity contribution >= 4 is 21.8 Å². The summed E-state index contributed by atoms with van der Waals surface area (Å²) in [5, 5.41) is 3.07. The standard InChI is InChI=1S/C13H20N2O2S2/c1-11-12(10-14-2)4-3-5-13(11)19(16,17)15-6-8-18-9-7-15/h3-5,14H,6-10H2,1-2H3. The highest BCUT2D eigenvalue weighted by molar-refractivity contribution is 7.99. The fraction of sp³-hybridized carbons (Fsp3) is 0.538. The van der Waals surface area contributed by atoms with Crippen LogP contribution in [0.1, 0.15) is 11.1 Å². The summed E-state index contributed by atoms with van der Waals surface area (Å²) in [5.41, 5.74) is 1.89. The summed E-state index contributed by atoms with van der Waals surface area (Å²) in [5.74, 6) is 1.77. The molecule has 0 bridgehead atoms. The second-order valence-electron chi connectivity index (χ2n) is 4.59. The van der Waals surface area contributed by atoms with Gasteiger partial charge in [-0.25, -0.2) is 8.42 Å². The Kier molecular flexibility index (Phi) is 4.89. The molecule has 1 fully saturated rings. The van der Waals surface area contributed by atoms with Crippen molar-refractivity contribution in [1.29, 1.82) is 0 Å². The smallest absolute Gasteiger partial charge is 0.243 e. The third-order valence-corrected chi connectivity index (χ3v) is 6.34. The van der Waals surface area contributed by atoms with Gasteiger partial charge in [-0.2, -0.15) is 16.1 Å². The summed E-state index contributed by atoms with van der Waals surface area (Å²) >= 11 is 1.81. The summed E-state index contributed by atoms with van der Waals surface area (Å²) < 4.78 is 26.9. The molecule has 4 nitrogen and oxygen atoms in total. The van der Waals surface area contributed by atoms with Crippen molar-refractivity contribution in [3.05, 3.63) is 29.3 Å². The molecule has 1 aromatic rings. The van der Waals surface area contributed by atoms with E-state index in [0.717, 1.165) is 22.6 Å². The average molecular weight is 300 g/mol. The predicted octanol–water partition coefficient (Wildman–Crippen LogP) is 1.45. The van der Waals surface area contributed by atoms with Crippen molar-refractivity contribution in [3.63, 3.8) is 0 Å². The Bertz CT molecular complexity index is 538. The van der Waals surface area contributed by atoms with Crippen LogP contribution in [0.4, 0.5) is 0 Å². The molecular weight excluding hydrogens is 280 g/mol. The van der Waals surface area contributed by atoms with Crippen molar-refractivity contribution in [2.24, 2.45) is 0 Å². The first kappa shape index (κ1) is 14.8. The minimum Gasteiger partial charge on any atom is -0.316 e. The van der Waals surface area contributed by atoms with Crippen LogP contribution in [0, 0.1) is 6.92 Å². The molecule has 0 aliphatic carbocycles. The van der Waals surface area contributed by atoms with E-state index in [1.807, 2.05) is 37.9 Å². The maximum atomic E-state index is 12.7. The fourth-order valence-corrected chi connectivity index (χ4v) is 5.09. The van der Waals surface area contributed by atoms with Gasteiger partial charge in [-0.15, -0.1) is 0 Å². The Hall–Kier alpha value is -0.560. The van der Waals surface area contributed by atoms with Crippen LogP contribution in [0.2, 0.25) is 0 Å². The lowest BCUT2D eigenvalue weighted by atomic mass is 10.1. The van der Waals surface area contributed by atoms with Crippen LogP contribution >= 0.6 is 11.8 Å². The molecule has 0 radical (unpaired) electrons. The molecule has 19 heavy (non-hydrogen) atoms. The summed E-state index contributed by atoms with van der Waals surface area (Å²) in [7, 11) is -1.48. The highest BCUT2D eigenvalue weighted by atomic mass is 32.2. The van der Waals surface area contributed by atoms with Crippen LogP contribution in [0.3, 0.4) is 0 Å². The third-order valence-electron chi connectivity index (χ3n) is 3.35. The zero-order valence-corrected chi connectivity index (χ0v) is 13.0. The van der Waals surface area contributed by atoms with E-state index in [9.17, 15) is 8.42 Å². The number of thioether (sulfide) groups is 1. The van der Waals surface area contributed by atoms with Crippen LogP contribution in [-0.2, 0) is 16.6 Å². The zero-order chi connectivity index (χ0) is 13.9. The molecule has 0 amide bonds. The first-order chi connectivity index (χ1) is 9.07. The molecule has 1 aliphatic rings. The van der Waals surface area contributed by atoms with Gasteiger partial charge in [0, 0.05) is 31.1 Å². The van der Waals surface area contributed by atoms with E-state index < -0.39 is 10.0 Å². The van der Waals surface area contributed by atoms with E-state index in [-0.39, 0.29) is 0 Å². The van der Waals surface area contributed by atoms with Crippen molar-refractivity contribution < 1.29 is 8.42 Å². The molecule has 1 aromatic carbocycles. The molecule has 0 spiro atoms. The molecule has 1 saturated heterocycles. The van der Waals surface area contributed by atoms with Gasteiger partial charge in [-0.3, -0.25) is 0 Å². The number of hydrogen-bond donors (Lipinski definition) is 1. The number of benzene rings is 1. The first-order valence-electron chi connectivity index (χ1n) is 6.38. The highest BCUT2D eigenvalue weighted by Gasteiger charge is 2.27. The molecule has 2 rings (SSSR count). The van der Waals surface area contributed by atoms with Crippen molar-refractivity contribution in [1.82, 2.24) is 9.62 Å². The lowest BCUT2D eigenvalue weighted by Crippen LogP contribution is -2.38. The molecule has 106 valence electrons. The average Bonchev–Trinajstić information content (AvgIpc) is 2.42. The highest BCUT2D eigenvalue weighted by Crippen LogP contribution is 2.24. The van der Waals surface area contributed by atoms with E-state index >= 15 is 0 Å². The summed E-state index contributed by atoms with van der Waals surface area (Å²) in [6.45, 7) is 3.80. The van der Waals surface area contributed by atoms with E-state index in [1.165, 1.54) is 0 Å². The Morgan fingerprint density at radius 1 is 1.32 bits per heavy atom. The number of rotatable bonds is 4. The SMILES string of the molecule is CNCc1cccc(S(=O)(=O)N2CCSCC2)c1C. The zero-order valence-electron chi connectivity index (χ0n) is 11.3. The summed E-state index contributed by atoms with van der Waals surface area (Å²) in [4.78, 5) is 0.451. The Balaban J connectivity index is 2.37. The van der Waals surface area contributed by atoms with E-state index in [4.69, 9.17) is 0 Å². The minimum atomic E-state index is -3.34. The van der Waals surface area contributed by atoms with Crippen molar-refractivity contribution in [2.45, 2.75) is 18.4 Å². The molecule has 0 aromatic heterocycles. The van der Waals surface area contributed by atoms with E-state index in [2.05, 4.69) is 5.32 Å². The minimum absolute atomic E-state index is 0.451. The molecule has 1 heterocycles. The maximum absolute atomic E-state index is 12.7. The quantitative estimate of drug-likeness (QED) is 0.914. The molecule has 1 N–H and O–H groups in total. The largest absolute Gasteiger partial charge is 0.316 e. The topological polar surface area (TPSA) is 49.4 Å². The van der Waals surface area contributed by atoms with Gasteiger partial charge in [0.2, 0.25) is 10.0 Å². The predicted molar refractivity (Wildman–Crippen MR) is 80.0 cm³/mol. The fourth-order valence-electron chi connectivity index (χ4n) is 2.25. The normalized spacial score (nSPS) is 17.6. The number of sulfonamides is 1. The van der Waals surface area contributed by atoms with Crippen LogP contribution in [0.5, 0.6) is 0 Å². The Labute approximate surface area is 119 Å². The molecule has 0 unspecified atom stereocenters. The van der Waals surface area contributed by atoms with Gasteiger partial charge in [0.25, 0.3) is 0 Å². The van der Waals surface area contributed by atoms with E-state index in [1.54, 1.807) is 10.4 Å². The van der Waals surface area contributed by atoms with Crippen molar-refractivity contribution in [3.8, 4) is 0 Å². The maximum Gasteiger partial charge on any atom is 0.243 e.